The first kappa shape index (κ1) is 13.6. The number of rotatable bonds is 3. The van der Waals surface area contributed by atoms with Gasteiger partial charge in [-0.2, -0.15) is 5.26 Å². The van der Waals surface area contributed by atoms with Crippen molar-refractivity contribution >= 4 is 0 Å². The van der Waals surface area contributed by atoms with Gasteiger partial charge in [-0.25, -0.2) is 0 Å². The molecule has 0 spiro atoms. The van der Waals surface area contributed by atoms with Gasteiger partial charge in [-0.3, -0.25) is 4.98 Å². The van der Waals surface area contributed by atoms with Crippen LogP contribution in [0.15, 0.2) is 42.7 Å². The molecule has 0 N–H and O–H groups in total. The Kier molecular flexibility index (Phi) is 4.13. The Balaban J connectivity index is 1.93. The topological polar surface area (TPSA) is 55.1 Å². The van der Waals surface area contributed by atoms with E-state index in [9.17, 15) is 0 Å². The highest BCUT2D eigenvalue weighted by Gasteiger charge is 2.17. The van der Waals surface area contributed by atoms with Crippen LogP contribution in [0.25, 0.3) is 11.1 Å². The van der Waals surface area contributed by atoms with Gasteiger partial charge in [0.25, 0.3) is 0 Å². The normalized spacial score (nSPS) is 18.0. The molecule has 1 atom stereocenters. The summed E-state index contributed by atoms with van der Waals surface area (Å²) in [5, 5.41) is 9.09. The lowest BCUT2D eigenvalue weighted by Gasteiger charge is -2.24. The number of ether oxygens (including phenoxy) is 2. The van der Waals surface area contributed by atoms with Crippen LogP contribution < -0.4 is 4.74 Å². The second-order valence-electron chi connectivity index (χ2n) is 4.97. The highest BCUT2D eigenvalue weighted by Crippen LogP contribution is 2.32. The maximum Gasteiger partial charge on any atom is 0.199 e. The van der Waals surface area contributed by atoms with Crippen molar-refractivity contribution in [2.75, 3.05) is 6.61 Å². The van der Waals surface area contributed by atoms with E-state index in [1.807, 2.05) is 24.3 Å². The van der Waals surface area contributed by atoms with E-state index in [2.05, 4.69) is 11.1 Å². The van der Waals surface area contributed by atoms with Crippen molar-refractivity contribution < 1.29 is 9.47 Å². The molecule has 4 nitrogen and oxygen atoms in total. The predicted molar refractivity (Wildman–Crippen MR) is 78.6 cm³/mol. The Bertz CT molecular complexity index is 644. The fourth-order valence-electron chi connectivity index (χ4n) is 2.41. The van der Waals surface area contributed by atoms with Crippen LogP contribution in [0.4, 0.5) is 0 Å². The third kappa shape index (κ3) is 3.21. The van der Waals surface area contributed by atoms with E-state index in [1.165, 1.54) is 0 Å². The van der Waals surface area contributed by atoms with E-state index in [1.54, 1.807) is 18.5 Å². The van der Waals surface area contributed by atoms with Gasteiger partial charge >= 0.3 is 0 Å². The Morgan fingerprint density at radius 1 is 1.19 bits per heavy atom. The first-order chi connectivity index (χ1) is 10.4. The van der Waals surface area contributed by atoms with Gasteiger partial charge in [-0.15, -0.1) is 0 Å². The van der Waals surface area contributed by atoms with Crippen molar-refractivity contribution in [1.82, 2.24) is 4.98 Å². The monoisotopic (exact) mass is 280 g/mol. The van der Waals surface area contributed by atoms with Crippen molar-refractivity contribution in [2.45, 2.75) is 25.6 Å². The molecule has 1 unspecified atom stereocenters. The summed E-state index contributed by atoms with van der Waals surface area (Å²) in [5.41, 5.74) is 2.48. The molecule has 1 aromatic carbocycles. The number of benzene rings is 1. The lowest BCUT2D eigenvalue weighted by molar-refractivity contribution is -0.105. The lowest BCUT2D eigenvalue weighted by Crippen LogP contribution is -2.25. The summed E-state index contributed by atoms with van der Waals surface area (Å²) in [6.45, 7) is 0.742. The second-order valence-corrected chi connectivity index (χ2v) is 4.97. The van der Waals surface area contributed by atoms with Crippen LogP contribution in [-0.2, 0) is 4.74 Å². The first-order valence-corrected chi connectivity index (χ1v) is 7.09. The lowest BCUT2D eigenvalue weighted by atomic mass is 10.0. The molecule has 0 saturated carbocycles. The van der Waals surface area contributed by atoms with Crippen molar-refractivity contribution in [3.8, 4) is 22.9 Å². The van der Waals surface area contributed by atoms with Gasteiger partial charge in [-0.1, -0.05) is 0 Å². The molecule has 0 aliphatic carbocycles. The fraction of sp³-hybridized carbons (Fsp3) is 0.294. The largest absolute Gasteiger partial charge is 0.464 e. The third-order valence-corrected chi connectivity index (χ3v) is 3.50. The van der Waals surface area contributed by atoms with E-state index in [4.69, 9.17) is 14.7 Å². The average molecular weight is 280 g/mol. The van der Waals surface area contributed by atoms with Crippen molar-refractivity contribution in [1.29, 1.82) is 5.26 Å². The summed E-state index contributed by atoms with van der Waals surface area (Å²) in [5.74, 6) is 0.743. The Morgan fingerprint density at radius 2 is 2.05 bits per heavy atom. The fourth-order valence-corrected chi connectivity index (χ4v) is 2.41. The molecule has 1 saturated heterocycles. The predicted octanol–water partition coefficient (Wildman–Crippen LogP) is 3.53. The maximum atomic E-state index is 9.09. The molecule has 0 amide bonds. The minimum Gasteiger partial charge on any atom is -0.464 e. The SMILES string of the molecule is N#Cc1ccc(OC2CCCCO2)c(-c2ccncc2)c1. The first-order valence-electron chi connectivity index (χ1n) is 7.09. The summed E-state index contributed by atoms with van der Waals surface area (Å²) in [4.78, 5) is 4.03. The molecule has 1 aliphatic heterocycles. The summed E-state index contributed by atoms with van der Waals surface area (Å²) >= 11 is 0. The standard InChI is InChI=1S/C17H16N2O2/c18-12-13-4-5-16(21-17-3-1-2-10-20-17)15(11-13)14-6-8-19-9-7-14/h4-9,11,17H,1-3,10H2. The van der Waals surface area contributed by atoms with E-state index >= 15 is 0 Å². The van der Waals surface area contributed by atoms with Gasteiger partial charge in [0.05, 0.1) is 18.2 Å². The Labute approximate surface area is 124 Å². The zero-order valence-corrected chi connectivity index (χ0v) is 11.7. The summed E-state index contributed by atoms with van der Waals surface area (Å²) < 4.78 is 11.6. The van der Waals surface area contributed by atoms with E-state index in [0.29, 0.717) is 5.56 Å². The molecule has 1 aliphatic rings. The number of nitrogens with zero attached hydrogens (tertiary/aromatic N) is 2. The molecular formula is C17H16N2O2. The van der Waals surface area contributed by atoms with E-state index in [-0.39, 0.29) is 6.29 Å². The van der Waals surface area contributed by atoms with Gasteiger partial charge in [0, 0.05) is 24.4 Å². The van der Waals surface area contributed by atoms with Gasteiger partial charge in [0.1, 0.15) is 5.75 Å². The zero-order chi connectivity index (χ0) is 14.5. The number of pyridine rings is 1. The number of aromatic nitrogens is 1. The zero-order valence-electron chi connectivity index (χ0n) is 11.7. The van der Waals surface area contributed by atoms with Gasteiger partial charge in [0.2, 0.25) is 0 Å². The summed E-state index contributed by atoms with van der Waals surface area (Å²) in [6, 6.07) is 11.4. The van der Waals surface area contributed by atoms with Crippen LogP contribution in [0.3, 0.4) is 0 Å². The molecule has 106 valence electrons. The van der Waals surface area contributed by atoms with Crippen molar-refractivity contribution in [2.24, 2.45) is 0 Å². The van der Waals surface area contributed by atoms with Gasteiger partial charge < -0.3 is 9.47 Å². The highest BCUT2D eigenvalue weighted by atomic mass is 16.7. The number of hydrogen-bond acceptors (Lipinski definition) is 4. The minimum atomic E-state index is -0.202. The number of nitriles is 1. The average Bonchev–Trinajstić information content (AvgIpc) is 2.57. The smallest absolute Gasteiger partial charge is 0.199 e. The quantitative estimate of drug-likeness (QED) is 0.863. The molecule has 3 rings (SSSR count). The second kappa shape index (κ2) is 6.38. The molecule has 1 aromatic heterocycles. The highest BCUT2D eigenvalue weighted by molar-refractivity contribution is 5.71. The van der Waals surface area contributed by atoms with Crippen molar-refractivity contribution in [3.63, 3.8) is 0 Å². The van der Waals surface area contributed by atoms with Crippen LogP contribution in [0.5, 0.6) is 5.75 Å². The number of hydrogen-bond donors (Lipinski definition) is 0. The summed E-state index contributed by atoms with van der Waals surface area (Å²) in [7, 11) is 0. The molecule has 21 heavy (non-hydrogen) atoms. The van der Waals surface area contributed by atoms with Crippen LogP contribution >= 0.6 is 0 Å². The molecule has 1 fully saturated rings. The molecular weight excluding hydrogens is 264 g/mol. The third-order valence-electron chi connectivity index (χ3n) is 3.50. The molecule has 4 heteroatoms. The van der Waals surface area contributed by atoms with Crippen LogP contribution in [0, 0.1) is 11.3 Å². The Hall–Kier alpha value is -2.38. The molecule has 2 aromatic rings. The maximum absolute atomic E-state index is 9.09. The van der Waals surface area contributed by atoms with Gasteiger partial charge in [-0.05, 0) is 48.7 Å². The minimum absolute atomic E-state index is 0.202. The van der Waals surface area contributed by atoms with E-state index in [0.717, 1.165) is 42.7 Å². The summed E-state index contributed by atoms with van der Waals surface area (Å²) in [6.07, 6.45) is 6.36. The Morgan fingerprint density at radius 3 is 2.76 bits per heavy atom. The van der Waals surface area contributed by atoms with Crippen LogP contribution in [0.2, 0.25) is 0 Å². The molecule has 0 bridgehead atoms. The molecule has 2 heterocycles. The molecule has 0 radical (unpaired) electrons. The van der Waals surface area contributed by atoms with Crippen molar-refractivity contribution in [3.05, 3.63) is 48.3 Å². The van der Waals surface area contributed by atoms with Crippen LogP contribution in [0.1, 0.15) is 24.8 Å². The van der Waals surface area contributed by atoms with Crippen LogP contribution in [-0.4, -0.2) is 17.9 Å². The van der Waals surface area contributed by atoms with E-state index < -0.39 is 0 Å². The van der Waals surface area contributed by atoms with Gasteiger partial charge in [0.15, 0.2) is 6.29 Å².